The minimum absolute atomic E-state index is 0.270. The zero-order chi connectivity index (χ0) is 17.8. The molecular weight excluding hydrogens is 333 g/mol. The molecule has 0 unspecified atom stereocenters. The van der Waals surface area contributed by atoms with Crippen LogP contribution >= 0.6 is 11.3 Å². The summed E-state index contributed by atoms with van der Waals surface area (Å²) in [6.45, 7) is 4.33. The van der Waals surface area contributed by atoms with Crippen molar-refractivity contribution >= 4 is 17.6 Å². The molecule has 25 heavy (non-hydrogen) atoms. The molecule has 0 atom stereocenters. The third-order valence-corrected chi connectivity index (χ3v) is 4.86. The number of hydrogen-bond donors (Lipinski definition) is 0. The summed E-state index contributed by atoms with van der Waals surface area (Å²) in [7, 11) is 1.71. The maximum atomic E-state index is 14.2. The lowest BCUT2D eigenvalue weighted by atomic mass is 10.0. The molecule has 0 aliphatic carbocycles. The minimum atomic E-state index is -0.270. The molecule has 5 heteroatoms. The number of nitrogens with zero attached hydrogens (tertiary/aromatic N) is 3. The molecule has 2 aromatic carbocycles. The van der Waals surface area contributed by atoms with Gasteiger partial charge in [0.2, 0.25) is 4.80 Å². The first-order valence-corrected chi connectivity index (χ1v) is 9.00. The van der Waals surface area contributed by atoms with Gasteiger partial charge in [0.25, 0.3) is 0 Å². The van der Waals surface area contributed by atoms with Crippen LogP contribution in [0.15, 0.2) is 64.0 Å². The summed E-state index contributed by atoms with van der Waals surface area (Å²) < 4.78 is 15.8. The lowest BCUT2D eigenvalue weighted by Crippen LogP contribution is -2.11. The zero-order valence-corrected chi connectivity index (χ0v) is 15.3. The average Bonchev–Trinajstić information content (AvgIpc) is 3.03. The van der Waals surface area contributed by atoms with Crippen LogP contribution in [0.4, 0.5) is 4.39 Å². The molecule has 0 N–H and O–H groups in total. The van der Waals surface area contributed by atoms with Gasteiger partial charge in [-0.05, 0) is 29.2 Å². The van der Waals surface area contributed by atoms with Crippen LogP contribution in [0.25, 0.3) is 11.3 Å². The lowest BCUT2D eigenvalue weighted by Gasteiger charge is -2.06. The second-order valence-electron chi connectivity index (χ2n) is 5.98. The summed E-state index contributed by atoms with van der Waals surface area (Å²) in [6.07, 6.45) is 1.77. The number of thiazole rings is 1. The monoisotopic (exact) mass is 353 g/mol. The second kappa shape index (κ2) is 7.57. The SMILES string of the molecule is CN=c1scc(-c2ccccc2F)n1N=Cc1ccc(C(C)C)cc1. The summed E-state index contributed by atoms with van der Waals surface area (Å²) in [5, 5.41) is 6.42. The molecule has 0 saturated heterocycles. The first kappa shape index (κ1) is 17.3. The van der Waals surface area contributed by atoms with E-state index in [2.05, 4.69) is 36.1 Å². The molecule has 1 heterocycles. The van der Waals surface area contributed by atoms with Crippen LogP contribution in [-0.4, -0.2) is 17.9 Å². The topological polar surface area (TPSA) is 29.6 Å². The lowest BCUT2D eigenvalue weighted by molar-refractivity contribution is 0.629. The molecule has 0 fully saturated rings. The Morgan fingerprint density at radius 3 is 2.44 bits per heavy atom. The van der Waals surface area contributed by atoms with Crippen molar-refractivity contribution in [1.82, 2.24) is 4.68 Å². The predicted molar refractivity (Wildman–Crippen MR) is 103 cm³/mol. The average molecular weight is 353 g/mol. The van der Waals surface area contributed by atoms with Crippen LogP contribution in [0.1, 0.15) is 30.9 Å². The molecule has 3 aromatic rings. The van der Waals surface area contributed by atoms with Crippen molar-refractivity contribution in [3.05, 3.63) is 75.7 Å². The summed E-state index contributed by atoms with van der Waals surface area (Å²) in [4.78, 5) is 4.96. The Kier molecular flexibility index (Phi) is 5.24. The van der Waals surface area contributed by atoms with Gasteiger partial charge in [0.05, 0.1) is 11.9 Å². The van der Waals surface area contributed by atoms with Crippen LogP contribution in [0.2, 0.25) is 0 Å². The van der Waals surface area contributed by atoms with E-state index in [1.165, 1.54) is 23.0 Å². The minimum Gasteiger partial charge on any atom is -0.261 e. The van der Waals surface area contributed by atoms with Gasteiger partial charge < -0.3 is 0 Å². The van der Waals surface area contributed by atoms with Gasteiger partial charge in [0.15, 0.2) is 0 Å². The maximum absolute atomic E-state index is 14.2. The summed E-state index contributed by atoms with van der Waals surface area (Å²) in [5.74, 6) is 0.226. The molecule has 0 saturated carbocycles. The van der Waals surface area contributed by atoms with E-state index in [9.17, 15) is 4.39 Å². The number of rotatable bonds is 4. The summed E-state index contributed by atoms with van der Waals surface area (Å²) in [6, 6.07) is 15.0. The van der Waals surface area contributed by atoms with Gasteiger partial charge in [-0.15, -0.1) is 11.3 Å². The van der Waals surface area contributed by atoms with Crippen LogP contribution in [0, 0.1) is 5.82 Å². The second-order valence-corrected chi connectivity index (χ2v) is 6.82. The molecule has 0 radical (unpaired) electrons. The highest BCUT2D eigenvalue weighted by atomic mass is 32.1. The molecule has 1 aromatic heterocycles. The molecular formula is C20H20FN3S. The van der Waals surface area contributed by atoms with E-state index in [1.807, 2.05) is 23.6 Å². The van der Waals surface area contributed by atoms with E-state index >= 15 is 0 Å². The third kappa shape index (κ3) is 3.77. The van der Waals surface area contributed by atoms with E-state index < -0.39 is 0 Å². The third-order valence-electron chi connectivity index (χ3n) is 3.95. The molecule has 3 rings (SSSR count). The Morgan fingerprint density at radius 2 is 1.80 bits per heavy atom. The molecule has 0 amide bonds. The first-order chi connectivity index (χ1) is 12.1. The van der Waals surface area contributed by atoms with E-state index in [1.54, 1.807) is 30.1 Å². The molecule has 3 nitrogen and oxygen atoms in total. The maximum Gasteiger partial charge on any atom is 0.205 e. The fraction of sp³-hybridized carbons (Fsp3) is 0.200. The summed E-state index contributed by atoms with van der Waals surface area (Å²) >= 11 is 1.44. The van der Waals surface area contributed by atoms with Crippen molar-refractivity contribution in [3.63, 3.8) is 0 Å². The summed E-state index contributed by atoms with van der Waals surface area (Å²) in [5.41, 5.74) is 3.49. The predicted octanol–water partition coefficient (Wildman–Crippen LogP) is 4.89. The van der Waals surface area contributed by atoms with Crippen molar-refractivity contribution < 1.29 is 4.39 Å². The number of halogens is 1. The van der Waals surface area contributed by atoms with Crippen LogP contribution < -0.4 is 4.80 Å². The highest BCUT2D eigenvalue weighted by molar-refractivity contribution is 7.07. The molecule has 0 bridgehead atoms. The van der Waals surface area contributed by atoms with Gasteiger partial charge in [-0.25, -0.2) is 9.07 Å². The van der Waals surface area contributed by atoms with E-state index in [0.29, 0.717) is 22.0 Å². The van der Waals surface area contributed by atoms with Gasteiger partial charge in [0.1, 0.15) is 5.82 Å². The standard InChI is InChI=1S/C20H20FN3S/c1-14(2)16-10-8-15(9-11-16)12-23-24-19(13-25-20(24)22-3)17-6-4-5-7-18(17)21/h4-14H,1-3H3. The van der Waals surface area contributed by atoms with Gasteiger partial charge in [-0.1, -0.05) is 50.2 Å². The Labute approximate surface area is 150 Å². The van der Waals surface area contributed by atoms with Crippen molar-refractivity contribution in [3.8, 4) is 11.3 Å². The van der Waals surface area contributed by atoms with Crippen LogP contribution in [0.5, 0.6) is 0 Å². The van der Waals surface area contributed by atoms with Crippen molar-refractivity contribution in [2.24, 2.45) is 10.1 Å². The normalized spacial score (nSPS) is 12.4. The van der Waals surface area contributed by atoms with Crippen molar-refractivity contribution in [2.45, 2.75) is 19.8 Å². The quantitative estimate of drug-likeness (QED) is 0.598. The Morgan fingerprint density at radius 1 is 1.08 bits per heavy atom. The highest BCUT2D eigenvalue weighted by Crippen LogP contribution is 2.23. The van der Waals surface area contributed by atoms with E-state index in [-0.39, 0.29) is 5.82 Å². The molecule has 0 spiro atoms. The smallest absolute Gasteiger partial charge is 0.205 e. The van der Waals surface area contributed by atoms with Crippen LogP contribution in [-0.2, 0) is 0 Å². The molecule has 0 aliphatic rings. The molecule has 0 aliphatic heterocycles. The zero-order valence-electron chi connectivity index (χ0n) is 14.5. The van der Waals surface area contributed by atoms with Gasteiger partial charge >= 0.3 is 0 Å². The number of aromatic nitrogens is 1. The number of hydrogen-bond acceptors (Lipinski definition) is 3. The fourth-order valence-electron chi connectivity index (χ4n) is 2.51. The largest absolute Gasteiger partial charge is 0.261 e. The Bertz CT molecular complexity index is 950. The van der Waals surface area contributed by atoms with Gasteiger partial charge in [-0.3, -0.25) is 4.99 Å². The highest BCUT2D eigenvalue weighted by Gasteiger charge is 2.11. The fourth-order valence-corrected chi connectivity index (χ4v) is 3.30. The van der Waals surface area contributed by atoms with E-state index in [4.69, 9.17) is 0 Å². The molecule has 128 valence electrons. The van der Waals surface area contributed by atoms with Crippen LogP contribution in [0.3, 0.4) is 0 Å². The van der Waals surface area contributed by atoms with Crippen molar-refractivity contribution in [1.29, 1.82) is 0 Å². The van der Waals surface area contributed by atoms with Crippen molar-refractivity contribution in [2.75, 3.05) is 7.05 Å². The Balaban J connectivity index is 2.00. The first-order valence-electron chi connectivity index (χ1n) is 8.12. The van der Waals surface area contributed by atoms with Gasteiger partial charge in [0, 0.05) is 18.0 Å². The number of benzene rings is 2. The Hall–Kier alpha value is -2.53. The van der Waals surface area contributed by atoms with E-state index in [0.717, 1.165) is 5.56 Å². The van der Waals surface area contributed by atoms with Gasteiger partial charge in [-0.2, -0.15) is 5.10 Å².